The molecule has 0 spiro atoms. The van der Waals surface area contributed by atoms with Gasteiger partial charge in [0, 0.05) is 37.8 Å². The average molecular weight is 297 g/mol. The second-order valence-corrected chi connectivity index (χ2v) is 7.35. The van der Waals surface area contributed by atoms with Crippen LogP contribution in [0.15, 0.2) is 0 Å². The molecular formula is C17H35N3O. The Hall–Kier alpha value is -0.160. The van der Waals surface area contributed by atoms with Crippen LogP contribution in [0.5, 0.6) is 0 Å². The molecule has 0 aromatic rings. The minimum atomic E-state index is 0.173. The molecule has 4 nitrogen and oxygen atoms in total. The van der Waals surface area contributed by atoms with Crippen molar-refractivity contribution in [2.45, 2.75) is 57.5 Å². The molecule has 0 bridgehead atoms. The van der Waals surface area contributed by atoms with Crippen LogP contribution in [0.3, 0.4) is 0 Å². The van der Waals surface area contributed by atoms with Gasteiger partial charge in [-0.15, -0.1) is 0 Å². The molecule has 1 saturated heterocycles. The number of nitrogens with zero attached hydrogens (tertiary/aromatic N) is 2. The molecule has 1 atom stereocenters. The third kappa shape index (κ3) is 4.92. The van der Waals surface area contributed by atoms with Gasteiger partial charge in [-0.1, -0.05) is 0 Å². The first kappa shape index (κ1) is 17.2. The molecule has 124 valence electrons. The van der Waals surface area contributed by atoms with E-state index in [1.165, 1.54) is 45.2 Å². The summed E-state index contributed by atoms with van der Waals surface area (Å²) in [6.45, 7) is 10.6. The van der Waals surface area contributed by atoms with Crippen LogP contribution in [-0.2, 0) is 4.74 Å². The molecular weight excluding hydrogens is 262 g/mol. The summed E-state index contributed by atoms with van der Waals surface area (Å²) < 4.78 is 5.81. The van der Waals surface area contributed by atoms with E-state index in [0.29, 0.717) is 6.04 Å². The Morgan fingerprint density at radius 2 is 2.05 bits per heavy atom. The Labute approximate surface area is 131 Å². The summed E-state index contributed by atoms with van der Waals surface area (Å²) in [5.41, 5.74) is 6.36. The SMILES string of the molecule is CC(C)N1CCCC(CN)(N(C)CCOCC2CC2)CC1. The maximum absolute atomic E-state index is 6.19. The van der Waals surface area contributed by atoms with Gasteiger partial charge in [0.15, 0.2) is 0 Å². The topological polar surface area (TPSA) is 41.7 Å². The number of likely N-dealkylation sites (tertiary alicyclic amines) is 1. The minimum Gasteiger partial charge on any atom is -0.380 e. The van der Waals surface area contributed by atoms with E-state index in [9.17, 15) is 0 Å². The second kappa shape index (κ2) is 7.91. The van der Waals surface area contributed by atoms with Crippen LogP contribution in [0.4, 0.5) is 0 Å². The molecule has 0 aromatic heterocycles. The maximum atomic E-state index is 6.19. The van der Waals surface area contributed by atoms with Gasteiger partial charge in [0.1, 0.15) is 0 Å². The molecule has 2 rings (SSSR count). The number of rotatable bonds is 8. The summed E-state index contributed by atoms with van der Waals surface area (Å²) in [5.74, 6) is 0.858. The molecule has 0 radical (unpaired) electrons. The molecule has 0 amide bonds. The van der Waals surface area contributed by atoms with Crippen LogP contribution in [0.1, 0.15) is 46.0 Å². The predicted molar refractivity (Wildman–Crippen MR) is 88.5 cm³/mol. The Morgan fingerprint density at radius 1 is 1.29 bits per heavy atom. The smallest absolute Gasteiger partial charge is 0.0593 e. The van der Waals surface area contributed by atoms with Crippen molar-refractivity contribution in [3.05, 3.63) is 0 Å². The number of hydrogen-bond acceptors (Lipinski definition) is 4. The maximum Gasteiger partial charge on any atom is 0.0593 e. The minimum absolute atomic E-state index is 0.173. The highest BCUT2D eigenvalue weighted by Crippen LogP contribution is 2.29. The van der Waals surface area contributed by atoms with Gasteiger partial charge in [0.25, 0.3) is 0 Å². The molecule has 2 N–H and O–H groups in total. The Morgan fingerprint density at radius 3 is 2.67 bits per heavy atom. The van der Waals surface area contributed by atoms with Crippen molar-refractivity contribution in [3.8, 4) is 0 Å². The first-order chi connectivity index (χ1) is 10.1. The zero-order chi connectivity index (χ0) is 15.3. The van der Waals surface area contributed by atoms with Gasteiger partial charge < -0.3 is 15.4 Å². The monoisotopic (exact) mass is 297 g/mol. The highest BCUT2D eigenvalue weighted by Gasteiger charge is 2.35. The van der Waals surface area contributed by atoms with E-state index in [1.54, 1.807) is 0 Å². The second-order valence-electron chi connectivity index (χ2n) is 7.35. The van der Waals surface area contributed by atoms with Gasteiger partial charge in [0.2, 0.25) is 0 Å². The normalized spacial score (nSPS) is 28.3. The summed E-state index contributed by atoms with van der Waals surface area (Å²) in [6, 6.07) is 0.644. The van der Waals surface area contributed by atoms with Gasteiger partial charge in [-0.05, 0) is 65.5 Å². The number of ether oxygens (including phenoxy) is 1. The van der Waals surface area contributed by atoms with Crippen molar-refractivity contribution in [1.82, 2.24) is 9.80 Å². The molecule has 1 aliphatic carbocycles. The van der Waals surface area contributed by atoms with E-state index in [0.717, 1.165) is 32.2 Å². The summed E-state index contributed by atoms with van der Waals surface area (Å²) in [4.78, 5) is 5.07. The fourth-order valence-corrected chi connectivity index (χ4v) is 3.43. The number of hydrogen-bond donors (Lipinski definition) is 1. The van der Waals surface area contributed by atoms with Crippen LogP contribution in [0, 0.1) is 5.92 Å². The molecule has 1 saturated carbocycles. The van der Waals surface area contributed by atoms with E-state index in [2.05, 4.69) is 30.7 Å². The lowest BCUT2D eigenvalue weighted by atomic mass is 9.89. The van der Waals surface area contributed by atoms with Crippen LogP contribution in [0.25, 0.3) is 0 Å². The lowest BCUT2D eigenvalue weighted by molar-refractivity contribution is 0.0507. The zero-order valence-corrected chi connectivity index (χ0v) is 14.3. The molecule has 21 heavy (non-hydrogen) atoms. The molecule has 4 heteroatoms. The summed E-state index contributed by atoms with van der Waals surface area (Å²) in [6.07, 6.45) is 6.39. The van der Waals surface area contributed by atoms with Gasteiger partial charge in [-0.25, -0.2) is 0 Å². The molecule has 1 aliphatic heterocycles. The van der Waals surface area contributed by atoms with E-state index in [1.807, 2.05) is 0 Å². The van der Waals surface area contributed by atoms with Crippen LogP contribution in [0.2, 0.25) is 0 Å². The Balaban J connectivity index is 1.80. The first-order valence-corrected chi connectivity index (χ1v) is 8.80. The molecule has 1 unspecified atom stereocenters. The van der Waals surface area contributed by atoms with Gasteiger partial charge in [0.05, 0.1) is 6.61 Å². The third-order valence-electron chi connectivity index (χ3n) is 5.49. The van der Waals surface area contributed by atoms with Crippen molar-refractivity contribution >= 4 is 0 Å². The summed E-state index contributed by atoms with van der Waals surface area (Å²) in [5, 5.41) is 0. The first-order valence-electron chi connectivity index (χ1n) is 8.80. The molecule has 0 aromatic carbocycles. The van der Waals surface area contributed by atoms with Gasteiger partial charge >= 0.3 is 0 Å². The standard InChI is InChI=1S/C17H35N3O/c1-15(2)20-9-4-7-17(14-18,8-10-20)19(3)11-12-21-13-16-5-6-16/h15-16H,4-14,18H2,1-3H3. The highest BCUT2D eigenvalue weighted by atomic mass is 16.5. The van der Waals surface area contributed by atoms with Crippen molar-refractivity contribution in [3.63, 3.8) is 0 Å². The highest BCUT2D eigenvalue weighted by molar-refractivity contribution is 4.93. The average Bonchev–Trinajstić information content (AvgIpc) is 3.29. The number of likely N-dealkylation sites (N-methyl/N-ethyl adjacent to an activating group) is 1. The number of nitrogens with two attached hydrogens (primary N) is 1. The molecule has 2 aliphatic rings. The summed E-state index contributed by atoms with van der Waals surface area (Å²) in [7, 11) is 2.23. The van der Waals surface area contributed by atoms with Crippen LogP contribution >= 0.6 is 0 Å². The Kier molecular flexibility index (Phi) is 6.48. The molecule has 1 heterocycles. The van der Waals surface area contributed by atoms with Gasteiger partial charge in [-0.3, -0.25) is 4.90 Å². The van der Waals surface area contributed by atoms with Crippen molar-refractivity contribution in [1.29, 1.82) is 0 Å². The van der Waals surface area contributed by atoms with Crippen molar-refractivity contribution in [2.24, 2.45) is 11.7 Å². The van der Waals surface area contributed by atoms with Crippen LogP contribution < -0.4 is 5.73 Å². The van der Waals surface area contributed by atoms with Crippen LogP contribution in [-0.4, -0.2) is 67.8 Å². The largest absolute Gasteiger partial charge is 0.380 e. The quantitative estimate of drug-likeness (QED) is 0.695. The fourth-order valence-electron chi connectivity index (χ4n) is 3.43. The Bertz CT molecular complexity index is 306. The van der Waals surface area contributed by atoms with Crippen molar-refractivity contribution < 1.29 is 4.74 Å². The van der Waals surface area contributed by atoms with Crippen molar-refractivity contribution in [2.75, 3.05) is 46.4 Å². The van der Waals surface area contributed by atoms with E-state index in [-0.39, 0.29) is 5.54 Å². The van der Waals surface area contributed by atoms with Gasteiger partial charge in [-0.2, -0.15) is 0 Å². The van der Waals surface area contributed by atoms with E-state index >= 15 is 0 Å². The third-order valence-corrected chi connectivity index (χ3v) is 5.49. The summed E-state index contributed by atoms with van der Waals surface area (Å²) >= 11 is 0. The fraction of sp³-hybridized carbons (Fsp3) is 1.00. The molecule has 2 fully saturated rings. The lowest BCUT2D eigenvalue weighted by Gasteiger charge is -2.41. The van der Waals surface area contributed by atoms with E-state index in [4.69, 9.17) is 10.5 Å². The van der Waals surface area contributed by atoms with E-state index < -0.39 is 0 Å². The zero-order valence-electron chi connectivity index (χ0n) is 14.3. The predicted octanol–water partition coefficient (Wildman–Crippen LogP) is 1.94. The lowest BCUT2D eigenvalue weighted by Crippen LogP contribution is -2.53.